The number of quaternary nitrogens is 1. The lowest BCUT2D eigenvalue weighted by Gasteiger charge is -2.36. The monoisotopic (exact) mass is 589 g/mol. The Balaban J connectivity index is 1.28. The summed E-state index contributed by atoms with van der Waals surface area (Å²) >= 11 is 12.6. The van der Waals surface area contributed by atoms with Gasteiger partial charge in [0.05, 0.1) is 48.5 Å². The number of benzene rings is 2. The summed E-state index contributed by atoms with van der Waals surface area (Å²) in [6, 6.07) is 14.7. The molecule has 4 rings (SSSR count). The summed E-state index contributed by atoms with van der Waals surface area (Å²) < 4.78 is 13.3. The van der Waals surface area contributed by atoms with Gasteiger partial charge >= 0.3 is 6.09 Å². The summed E-state index contributed by atoms with van der Waals surface area (Å²) in [6.07, 6.45) is 0.798. The van der Waals surface area contributed by atoms with Crippen LogP contribution in [0.5, 0.6) is 5.75 Å². The van der Waals surface area contributed by atoms with Crippen LogP contribution in [-0.4, -0.2) is 80.0 Å². The van der Waals surface area contributed by atoms with Crippen molar-refractivity contribution in [2.24, 2.45) is 0 Å². The van der Waals surface area contributed by atoms with E-state index in [4.69, 9.17) is 32.7 Å². The summed E-state index contributed by atoms with van der Waals surface area (Å²) in [5.41, 5.74) is 1.44. The normalized spacial score (nSPS) is 15.3. The van der Waals surface area contributed by atoms with Crippen molar-refractivity contribution in [1.29, 1.82) is 0 Å². The molecule has 0 bridgehead atoms. The molecule has 1 amide bonds. The van der Waals surface area contributed by atoms with E-state index in [9.17, 15) is 9.59 Å². The number of fused-ring (bicyclic) bond motifs is 1. The van der Waals surface area contributed by atoms with Crippen LogP contribution < -0.4 is 15.2 Å². The van der Waals surface area contributed by atoms with Gasteiger partial charge < -0.3 is 14.4 Å². The van der Waals surface area contributed by atoms with Gasteiger partial charge in [0.2, 0.25) is 0 Å². The molecule has 0 spiro atoms. The van der Waals surface area contributed by atoms with Crippen LogP contribution in [0.3, 0.4) is 0 Å². The Morgan fingerprint density at radius 3 is 2.48 bits per heavy atom. The van der Waals surface area contributed by atoms with Crippen molar-refractivity contribution >= 4 is 45.9 Å². The molecular formula is C30H39Cl2N4O4+. The molecule has 1 aromatic heterocycles. The Morgan fingerprint density at radius 1 is 1.02 bits per heavy atom. The molecule has 1 aliphatic rings. The van der Waals surface area contributed by atoms with Crippen molar-refractivity contribution in [3.8, 4) is 5.75 Å². The van der Waals surface area contributed by atoms with Gasteiger partial charge in [-0.3, -0.25) is 14.3 Å². The molecule has 2 heterocycles. The van der Waals surface area contributed by atoms with Gasteiger partial charge in [0.15, 0.2) is 6.23 Å². The number of piperazine rings is 1. The second-order valence-corrected chi connectivity index (χ2v) is 11.5. The van der Waals surface area contributed by atoms with Gasteiger partial charge in [-0.05, 0) is 69.0 Å². The fourth-order valence-electron chi connectivity index (χ4n) is 4.74. The van der Waals surface area contributed by atoms with Gasteiger partial charge in [-0.15, -0.1) is 0 Å². The second kappa shape index (κ2) is 13.3. The van der Waals surface area contributed by atoms with E-state index in [1.807, 2.05) is 43.3 Å². The molecule has 1 saturated heterocycles. The van der Waals surface area contributed by atoms with E-state index in [0.717, 1.165) is 56.6 Å². The Labute approximate surface area is 246 Å². The minimum atomic E-state index is -0.752. The summed E-state index contributed by atoms with van der Waals surface area (Å²) in [6.45, 7) is 9.58. The minimum absolute atomic E-state index is 0.0736. The van der Waals surface area contributed by atoms with Crippen LogP contribution in [0.2, 0.25) is 10.0 Å². The number of carbonyl (C=O) groups excluding carboxylic acids is 1. The first-order valence-corrected chi connectivity index (χ1v) is 14.6. The lowest BCUT2D eigenvalue weighted by molar-refractivity contribution is -0.815. The maximum Gasteiger partial charge on any atom is 0.517 e. The summed E-state index contributed by atoms with van der Waals surface area (Å²) in [4.78, 5) is 30.1. The average Bonchev–Trinajstić information content (AvgIpc) is 2.94. The van der Waals surface area contributed by atoms with Crippen molar-refractivity contribution in [3.63, 3.8) is 0 Å². The molecule has 0 aliphatic carbocycles. The van der Waals surface area contributed by atoms with E-state index in [1.54, 1.807) is 27.1 Å². The van der Waals surface area contributed by atoms with Gasteiger partial charge in [-0.2, -0.15) is 4.79 Å². The Bertz CT molecular complexity index is 1390. The number of halogens is 2. The van der Waals surface area contributed by atoms with Crippen LogP contribution >= 0.6 is 23.2 Å². The molecule has 10 heteroatoms. The fourth-order valence-corrected chi connectivity index (χ4v) is 5.16. The highest BCUT2D eigenvalue weighted by molar-refractivity contribution is 6.43. The van der Waals surface area contributed by atoms with Gasteiger partial charge in [-0.1, -0.05) is 29.3 Å². The van der Waals surface area contributed by atoms with Crippen LogP contribution in [0, 0.1) is 0 Å². The number of amides is 1. The second-order valence-electron chi connectivity index (χ2n) is 10.7. The smallest absolute Gasteiger partial charge is 0.494 e. The zero-order valence-electron chi connectivity index (χ0n) is 23.7. The maximum absolute atomic E-state index is 12.8. The number of nitrogens with zero attached hydrogens (tertiary/aromatic N) is 4. The summed E-state index contributed by atoms with van der Waals surface area (Å²) in [5.74, 6) is 0.682. The highest BCUT2D eigenvalue weighted by Crippen LogP contribution is 2.33. The van der Waals surface area contributed by atoms with Crippen LogP contribution in [0.4, 0.5) is 10.5 Å². The third-order valence-corrected chi connectivity index (χ3v) is 8.41. The first kappa shape index (κ1) is 30.2. The van der Waals surface area contributed by atoms with Crippen molar-refractivity contribution in [3.05, 3.63) is 68.9 Å². The minimum Gasteiger partial charge on any atom is -0.494 e. The van der Waals surface area contributed by atoms with Gasteiger partial charge in [0, 0.05) is 38.3 Å². The third kappa shape index (κ3) is 7.10. The summed E-state index contributed by atoms with van der Waals surface area (Å²) in [5, 5.41) is 2.08. The highest BCUT2D eigenvalue weighted by Gasteiger charge is 2.29. The standard InChI is InChI=1S/C30H39Cl2N4O4/c1-5-36(3,4)30(38)40-22(2)35-27-21-24(13-11-23(27)12-14-28(35)37)39-20-7-6-15-33-16-18-34(19-17-33)26-10-8-9-25(31)29(26)32/h8-14,21-22H,5-7,15-20H2,1-4H3/q+1. The number of ether oxygens (including phenoxy) is 2. The predicted octanol–water partition coefficient (Wildman–Crippen LogP) is 6.04. The van der Waals surface area contributed by atoms with Crippen LogP contribution in [-0.2, 0) is 4.74 Å². The fraction of sp³-hybridized carbons (Fsp3) is 0.467. The first-order chi connectivity index (χ1) is 19.1. The van der Waals surface area contributed by atoms with E-state index in [-0.39, 0.29) is 16.1 Å². The van der Waals surface area contributed by atoms with E-state index in [2.05, 4.69) is 9.80 Å². The quantitative estimate of drug-likeness (QED) is 0.212. The number of unbranched alkanes of at least 4 members (excludes halogenated alkanes) is 1. The van der Waals surface area contributed by atoms with Crippen LogP contribution in [0.15, 0.2) is 53.3 Å². The Hall–Kier alpha value is -2.78. The molecule has 0 N–H and O–H groups in total. The number of hydrogen-bond donors (Lipinski definition) is 0. The zero-order chi connectivity index (χ0) is 28.9. The molecule has 1 aliphatic heterocycles. The van der Waals surface area contributed by atoms with Crippen molar-refractivity contribution in [2.75, 3.05) is 64.9 Å². The molecule has 2 aromatic carbocycles. The van der Waals surface area contributed by atoms with Crippen molar-refractivity contribution in [1.82, 2.24) is 9.47 Å². The largest absolute Gasteiger partial charge is 0.517 e. The van der Waals surface area contributed by atoms with Gasteiger partial charge in [-0.25, -0.2) is 4.48 Å². The lowest BCUT2D eigenvalue weighted by atomic mass is 10.2. The summed E-state index contributed by atoms with van der Waals surface area (Å²) in [7, 11) is 3.56. The SMILES string of the molecule is CC[N+](C)(C)C(=O)OC(C)n1c(=O)ccc2ccc(OCCCCN3CCN(c4cccc(Cl)c4Cl)CC3)cc21. The van der Waals surface area contributed by atoms with Gasteiger partial charge in [0.25, 0.3) is 5.56 Å². The Morgan fingerprint density at radius 2 is 1.75 bits per heavy atom. The number of carbonyl (C=O) groups is 1. The molecular weight excluding hydrogens is 551 g/mol. The molecule has 0 radical (unpaired) electrons. The third-order valence-electron chi connectivity index (χ3n) is 7.61. The topological polar surface area (TPSA) is 64.0 Å². The van der Waals surface area contributed by atoms with Crippen molar-refractivity contribution in [2.45, 2.75) is 32.9 Å². The number of hydrogen-bond acceptors (Lipinski definition) is 6. The van der Waals surface area contributed by atoms with E-state index in [0.29, 0.717) is 34.5 Å². The molecule has 40 heavy (non-hydrogen) atoms. The molecule has 1 atom stereocenters. The predicted molar refractivity (Wildman–Crippen MR) is 162 cm³/mol. The lowest BCUT2D eigenvalue weighted by Crippen LogP contribution is -2.46. The molecule has 216 valence electrons. The molecule has 1 fully saturated rings. The molecule has 8 nitrogen and oxygen atoms in total. The maximum atomic E-state index is 12.8. The number of anilines is 1. The molecule has 3 aromatic rings. The highest BCUT2D eigenvalue weighted by atomic mass is 35.5. The number of rotatable bonds is 10. The van der Waals surface area contributed by atoms with Crippen LogP contribution in [0.1, 0.15) is 32.9 Å². The van der Waals surface area contributed by atoms with E-state index in [1.165, 1.54) is 10.6 Å². The Kier molecular flexibility index (Phi) is 10.0. The first-order valence-electron chi connectivity index (χ1n) is 13.8. The zero-order valence-corrected chi connectivity index (χ0v) is 25.2. The number of pyridine rings is 1. The van der Waals surface area contributed by atoms with Crippen molar-refractivity contribution < 1.29 is 18.8 Å². The van der Waals surface area contributed by atoms with Crippen LogP contribution in [0.25, 0.3) is 10.9 Å². The van der Waals surface area contributed by atoms with Gasteiger partial charge in [0.1, 0.15) is 5.75 Å². The van der Waals surface area contributed by atoms with E-state index < -0.39 is 6.23 Å². The molecule has 1 unspecified atom stereocenters. The molecule has 0 saturated carbocycles. The number of aromatic nitrogens is 1. The average molecular weight is 591 g/mol. The van der Waals surface area contributed by atoms with E-state index >= 15 is 0 Å².